The van der Waals surface area contributed by atoms with Crippen LogP contribution in [0, 0.1) is 5.92 Å². The van der Waals surface area contributed by atoms with Gasteiger partial charge in [-0.1, -0.05) is 32.0 Å². The van der Waals surface area contributed by atoms with Crippen LogP contribution >= 0.6 is 11.8 Å². The van der Waals surface area contributed by atoms with Gasteiger partial charge in [0.1, 0.15) is 0 Å². The van der Waals surface area contributed by atoms with Gasteiger partial charge in [0, 0.05) is 29.8 Å². The van der Waals surface area contributed by atoms with Crippen LogP contribution in [-0.2, 0) is 0 Å². The van der Waals surface area contributed by atoms with Crippen LogP contribution in [0.1, 0.15) is 20.8 Å². The molecule has 3 heteroatoms. The Labute approximate surface area is 116 Å². The van der Waals surface area contributed by atoms with E-state index in [2.05, 4.69) is 61.7 Å². The average molecular weight is 266 g/mol. The van der Waals surface area contributed by atoms with Crippen LogP contribution in [0.2, 0.25) is 0 Å². The summed E-state index contributed by atoms with van der Waals surface area (Å²) in [5.41, 5.74) is 0. The Morgan fingerprint density at radius 1 is 1.06 bits per heavy atom. The highest BCUT2D eigenvalue weighted by molar-refractivity contribution is 7.99. The fourth-order valence-electron chi connectivity index (χ4n) is 1.65. The van der Waals surface area contributed by atoms with E-state index in [0.29, 0.717) is 6.04 Å². The summed E-state index contributed by atoms with van der Waals surface area (Å²) in [5.74, 6) is 1.85. The van der Waals surface area contributed by atoms with Crippen molar-refractivity contribution in [3.8, 4) is 0 Å². The van der Waals surface area contributed by atoms with Crippen molar-refractivity contribution in [2.75, 3.05) is 25.4 Å². The van der Waals surface area contributed by atoms with Gasteiger partial charge in [0.2, 0.25) is 0 Å². The van der Waals surface area contributed by atoms with Gasteiger partial charge in [0.05, 0.1) is 0 Å². The number of nitrogens with one attached hydrogen (secondary N) is 2. The molecule has 0 saturated carbocycles. The average Bonchev–Trinajstić information content (AvgIpc) is 2.35. The Balaban J connectivity index is 2.00. The Morgan fingerprint density at radius 2 is 1.78 bits per heavy atom. The predicted molar refractivity (Wildman–Crippen MR) is 82.3 cm³/mol. The molecule has 0 aromatic heterocycles. The highest BCUT2D eigenvalue weighted by atomic mass is 32.2. The highest BCUT2D eigenvalue weighted by Gasteiger charge is 2.01. The van der Waals surface area contributed by atoms with E-state index in [9.17, 15) is 0 Å². The quantitative estimate of drug-likeness (QED) is 0.531. The molecule has 0 aliphatic carbocycles. The summed E-state index contributed by atoms with van der Waals surface area (Å²) in [7, 11) is 0. The van der Waals surface area contributed by atoms with Crippen molar-refractivity contribution in [1.82, 2.24) is 10.6 Å². The maximum absolute atomic E-state index is 3.54. The number of thioether (sulfide) groups is 1. The maximum atomic E-state index is 3.54. The van der Waals surface area contributed by atoms with E-state index in [1.807, 2.05) is 11.8 Å². The fraction of sp³-hybridized carbons (Fsp3) is 0.600. The lowest BCUT2D eigenvalue weighted by Crippen LogP contribution is -2.38. The van der Waals surface area contributed by atoms with Crippen LogP contribution in [0.15, 0.2) is 35.2 Å². The molecule has 1 aromatic carbocycles. The second-order valence-corrected chi connectivity index (χ2v) is 6.24. The molecule has 2 nitrogen and oxygen atoms in total. The van der Waals surface area contributed by atoms with Gasteiger partial charge < -0.3 is 10.6 Å². The highest BCUT2D eigenvalue weighted by Crippen LogP contribution is 2.15. The van der Waals surface area contributed by atoms with Gasteiger partial charge in [0.25, 0.3) is 0 Å². The third-order valence-corrected chi connectivity index (χ3v) is 3.62. The first-order valence-electron chi connectivity index (χ1n) is 6.80. The Morgan fingerprint density at radius 3 is 2.44 bits per heavy atom. The first-order valence-corrected chi connectivity index (χ1v) is 7.79. The summed E-state index contributed by atoms with van der Waals surface area (Å²) in [6, 6.07) is 11.1. The monoisotopic (exact) mass is 266 g/mol. The van der Waals surface area contributed by atoms with Gasteiger partial charge in [0.15, 0.2) is 0 Å². The summed E-state index contributed by atoms with van der Waals surface area (Å²) in [5, 5.41) is 7.02. The van der Waals surface area contributed by atoms with Gasteiger partial charge in [-0.2, -0.15) is 0 Å². The minimum atomic E-state index is 0.542. The molecular weight excluding hydrogens is 240 g/mol. The molecule has 0 aliphatic rings. The minimum Gasteiger partial charge on any atom is -0.315 e. The largest absolute Gasteiger partial charge is 0.315 e. The number of rotatable bonds is 9. The second kappa shape index (κ2) is 9.42. The summed E-state index contributed by atoms with van der Waals surface area (Å²) >= 11 is 1.91. The minimum absolute atomic E-state index is 0.542. The van der Waals surface area contributed by atoms with E-state index in [-0.39, 0.29) is 0 Å². The van der Waals surface area contributed by atoms with Gasteiger partial charge in [-0.3, -0.25) is 0 Å². The van der Waals surface area contributed by atoms with Gasteiger partial charge >= 0.3 is 0 Å². The van der Waals surface area contributed by atoms with E-state index >= 15 is 0 Å². The van der Waals surface area contributed by atoms with Crippen molar-refractivity contribution in [3.63, 3.8) is 0 Å². The molecule has 0 heterocycles. The first kappa shape index (κ1) is 15.5. The molecule has 1 rings (SSSR count). The van der Waals surface area contributed by atoms with Crippen LogP contribution < -0.4 is 10.6 Å². The smallest absolute Gasteiger partial charge is 0.0164 e. The summed E-state index contributed by atoms with van der Waals surface area (Å²) in [6.07, 6.45) is 0. The molecule has 18 heavy (non-hydrogen) atoms. The van der Waals surface area contributed by atoms with Crippen molar-refractivity contribution in [2.45, 2.75) is 31.7 Å². The third-order valence-electron chi connectivity index (χ3n) is 2.61. The molecule has 102 valence electrons. The number of hydrogen-bond acceptors (Lipinski definition) is 3. The second-order valence-electron chi connectivity index (χ2n) is 5.07. The third kappa shape index (κ3) is 7.75. The van der Waals surface area contributed by atoms with Gasteiger partial charge in [-0.25, -0.2) is 0 Å². The van der Waals surface area contributed by atoms with Crippen LogP contribution in [-0.4, -0.2) is 31.4 Å². The number of hydrogen-bond donors (Lipinski definition) is 2. The van der Waals surface area contributed by atoms with Crippen LogP contribution in [0.3, 0.4) is 0 Å². The summed E-state index contributed by atoms with van der Waals surface area (Å²) in [6.45, 7) is 9.92. The normalized spacial score (nSPS) is 12.9. The number of benzene rings is 1. The molecular formula is C15H26N2S. The van der Waals surface area contributed by atoms with Crippen LogP contribution in [0.4, 0.5) is 0 Å². The summed E-state index contributed by atoms with van der Waals surface area (Å²) < 4.78 is 0. The molecule has 0 bridgehead atoms. The maximum Gasteiger partial charge on any atom is 0.0164 e. The Bertz CT molecular complexity index is 301. The van der Waals surface area contributed by atoms with Gasteiger partial charge in [-0.05, 0) is 31.5 Å². The van der Waals surface area contributed by atoms with Crippen molar-refractivity contribution in [2.24, 2.45) is 5.92 Å². The molecule has 0 aliphatic heterocycles. The Kier molecular flexibility index (Phi) is 8.14. The SMILES string of the molecule is CC(C)CNCC(C)NCCSc1ccccc1. The Hall–Kier alpha value is -0.510. The van der Waals surface area contributed by atoms with Crippen LogP contribution in [0.25, 0.3) is 0 Å². The molecule has 0 radical (unpaired) electrons. The van der Waals surface area contributed by atoms with E-state index in [0.717, 1.165) is 31.3 Å². The molecule has 0 amide bonds. The van der Waals surface area contributed by atoms with E-state index in [1.165, 1.54) is 4.90 Å². The van der Waals surface area contributed by atoms with Gasteiger partial charge in [-0.15, -0.1) is 11.8 Å². The van der Waals surface area contributed by atoms with Crippen molar-refractivity contribution >= 4 is 11.8 Å². The predicted octanol–water partition coefficient (Wildman–Crippen LogP) is 3.00. The van der Waals surface area contributed by atoms with Crippen molar-refractivity contribution < 1.29 is 0 Å². The van der Waals surface area contributed by atoms with E-state index < -0.39 is 0 Å². The molecule has 2 N–H and O–H groups in total. The van der Waals surface area contributed by atoms with Crippen LogP contribution in [0.5, 0.6) is 0 Å². The lowest BCUT2D eigenvalue weighted by molar-refractivity contribution is 0.481. The standard InChI is InChI=1S/C15H26N2S/c1-13(2)11-16-12-14(3)17-9-10-18-15-7-5-4-6-8-15/h4-8,13-14,16-17H,9-12H2,1-3H3. The van der Waals surface area contributed by atoms with E-state index in [1.54, 1.807) is 0 Å². The topological polar surface area (TPSA) is 24.1 Å². The molecule has 1 atom stereocenters. The lowest BCUT2D eigenvalue weighted by atomic mass is 10.2. The van der Waals surface area contributed by atoms with E-state index in [4.69, 9.17) is 0 Å². The molecule has 1 aromatic rings. The molecule has 0 fully saturated rings. The summed E-state index contributed by atoms with van der Waals surface area (Å²) in [4.78, 5) is 1.35. The zero-order valence-corrected chi connectivity index (χ0v) is 12.6. The lowest BCUT2D eigenvalue weighted by Gasteiger charge is -2.15. The fourth-order valence-corrected chi connectivity index (χ4v) is 2.46. The molecule has 1 unspecified atom stereocenters. The van der Waals surface area contributed by atoms with Crippen molar-refractivity contribution in [3.05, 3.63) is 30.3 Å². The first-order chi connectivity index (χ1) is 8.68. The molecule has 0 spiro atoms. The molecule has 0 saturated heterocycles. The van der Waals surface area contributed by atoms with Crippen molar-refractivity contribution in [1.29, 1.82) is 0 Å². The zero-order valence-electron chi connectivity index (χ0n) is 11.8. The zero-order chi connectivity index (χ0) is 13.2.